The molecule has 1 aromatic carbocycles. The Morgan fingerprint density at radius 3 is 2.62 bits per heavy atom. The number of nitrogens with zero attached hydrogens (tertiary/aromatic N) is 2. The van der Waals surface area contributed by atoms with Gasteiger partial charge < -0.3 is 5.73 Å². The van der Waals surface area contributed by atoms with Crippen LogP contribution < -0.4 is 5.73 Å². The Morgan fingerprint density at radius 2 is 1.90 bits per heavy atom. The molecule has 0 saturated heterocycles. The van der Waals surface area contributed by atoms with E-state index >= 15 is 0 Å². The van der Waals surface area contributed by atoms with Crippen molar-refractivity contribution in [3.8, 4) is 11.1 Å². The molecule has 4 heteroatoms. The van der Waals surface area contributed by atoms with E-state index in [1.54, 1.807) is 6.20 Å². The third kappa shape index (κ3) is 2.94. The SMILES string of the molecule is Cc1ccc(CCc2[nH]nc(N)c2-c2cccnc2)cc1. The fourth-order valence-corrected chi connectivity index (χ4v) is 2.43. The van der Waals surface area contributed by atoms with Crippen LogP contribution in [0.5, 0.6) is 0 Å². The molecule has 0 amide bonds. The number of H-pyrrole nitrogens is 1. The minimum atomic E-state index is 0.530. The van der Waals surface area contributed by atoms with E-state index in [2.05, 4.69) is 46.4 Å². The van der Waals surface area contributed by atoms with E-state index in [4.69, 9.17) is 5.73 Å². The van der Waals surface area contributed by atoms with Gasteiger partial charge in [0.1, 0.15) is 0 Å². The van der Waals surface area contributed by atoms with Crippen LogP contribution in [0.4, 0.5) is 5.82 Å². The van der Waals surface area contributed by atoms with Gasteiger partial charge in [-0.2, -0.15) is 5.10 Å². The molecular formula is C17H18N4. The number of anilines is 1. The van der Waals surface area contributed by atoms with Crippen LogP contribution in [-0.2, 0) is 12.8 Å². The first-order valence-corrected chi connectivity index (χ1v) is 7.02. The zero-order valence-electron chi connectivity index (χ0n) is 12.0. The lowest BCUT2D eigenvalue weighted by Crippen LogP contribution is -1.95. The van der Waals surface area contributed by atoms with E-state index in [0.717, 1.165) is 29.7 Å². The van der Waals surface area contributed by atoms with Crippen molar-refractivity contribution in [1.82, 2.24) is 15.2 Å². The van der Waals surface area contributed by atoms with Crippen molar-refractivity contribution in [2.75, 3.05) is 5.73 Å². The number of aromatic nitrogens is 3. The molecule has 0 aliphatic rings. The van der Waals surface area contributed by atoms with Gasteiger partial charge in [0.25, 0.3) is 0 Å². The molecule has 0 unspecified atom stereocenters. The fourth-order valence-electron chi connectivity index (χ4n) is 2.43. The van der Waals surface area contributed by atoms with E-state index < -0.39 is 0 Å². The van der Waals surface area contributed by atoms with Crippen molar-refractivity contribution in [3.05, 3.63) is 65.6 Å². The predicted molar refractivity (Wildman–Crippen MR) is 84.8 cm³/mol. The number of aryl methyl sites for hydroxylation is 3. The van der Waals surface area contributed by atoms with Crippen LogP contribution in [0.3, 0.4) is 0 Å². The van der Waals surface area contributed by atoms with Crippen LogP contribution in [0.2, 0.25) is 0 Å². The second-order valence-electron chi connectivity index (χ2n) is 5.19. The molecule has 0 fully saturated rings. The van der Waals surface area contributed by atoms with Crippen molar-refractivity contribution >= 4 is 5.82 Å². The molecule has 0 radical (unpaired) electrons. The molecule has 0 aliphatic heterocycles. The number of aromatic amines is 1. The van der Waals surface area contributed by atoms with Crippen molar-refractivity contribution in [2.45, 2.75) is 19.8 Å². The summed E-state index contributed by atoms with van der Waals surface area (Å²) in [5, 5.41) is 7.20. The van der Waals surface area contributed by atoms with E-state index in [1.165, 1.54) is 11.1 Å². The maximum atomic E-state index is 5.99. The highest BCUT2D eigenvalue weighted by Crippen LogP contribution is 2.27. The number of pyridine rings is 1. The molecule has 21 heavy (non-hydrogen) atoms. The Balaban J connectivity index is 1.82. The van der Waals surface area contributed by atoms with E-state index in [0.29, 0.717) is 5.82 Å². The molecule has 0 bridgehead atoms. The summed E-state index contributed by atoms with van der Waals surface area (Å²) in [6, 6.07) is 12.5. The first kappa shape index (κ1) is 13.4. The highest BCUT2D eigenvalue weighted by atomic mass is 15.2. The van der Waals surface area contributed by atoms with Gasteiger partial charge in [0.15, 0.2) is 5.82 Å². The predicted octanol–water partition coefficient (Wildman–Crippen LogP) is 3.15. The van der Waals surface area contributed by atoms with Crippen LogP contribution in [-0.4, -0.2) is 15.2 Å². The molecule has 3 rings (SSSR count). The third-order valence-electron chi connectivity index (χ3n) is 3.60. The van der Waals surface area contributed by atoms with Gasteiger partial charge in [-0.25, -0.2) is 0 Å². The maximum Gasteiger partial charge on any atom is 0.153 e. The Bertz CT molecular complexity index is 714. The average Bonchev–Trinajstić information content (AvgIpc) is 2.88. The number of nitrogen functional groups attached to an aromatic ring is 1. The second-order valence-corrected chi connectivity index (χ2v) is 5.19. The molecule has 0 spiro atoms. The minimum Gasteiger partial charge on any atom is -0.382 e. The summed E-state index contributed by atoms with van der Waals surface area (Å²) in [6.07, 6.45) is 5.40. The lowest BCUT2D eigenvalue weighted by atomic mass is 10.0. The maximum absolute atomic E-state index is 5.99. The summed E-state index contributed by atoms with van der Waals surface area (Å²) >= 11 is 0. The van der Waals surface area contributed by atoms with Gasteiger partial charge in [0.2, 0.25) is 0 Å². The Hall–Kier alpha value is -2.62. The van der Waals surface area contributed by atoms with Gasteiger partial charge >= 0.3 is 0 Å². The number of hydrogen-bond acceptors (Lipinski definition) is 3. The summed E-state index contributed by atoms with van der Waals surface area (Å²) in [7, 11) is 0. The van der Waals surface area contributed by atoms with Gasteiger partial charge in [0, 0.05) is 29.2 Å². The molecule has 106 valence electrons. The van der Waals surface area contributed by atoms with Crippen LogP contribution >= 0.6 is 0 Å². The van der Waals surface area contributed by atoms with Crippen LogP contribution in [0.1, 0.15) is 16.8 Å². The van der Waals surface area contributed by atoms with Gasteiger partial charge in [-0.05, 0) is 31.4 Å². The number of benzene rings is 1. The number of rotatable bonds is 4. The highest BCUT2D eigenvalue weighted by molar-refractivity contribution is 5.75. The summed E-state index contributed by atoms with van der Waals surface area (Å²) in [5.74, 6) is 0.530. The van der Waals surface area contributed by atoms with Gasteiger partial charge in [-0.1, -0.05) is 35.9 Å². The van der Waals surface area contributed by atoms with Gasteiger partial charge in [-0.15, -0.1) is 0 Å². The Morgan fingerprint density at radius 1 is 1.10 bits per heavy atom. The minimum absolute atomic E-state index is 0.530. The van der Waals surface area contributed by atoms with Crippen molar-refractivity contribution in [2.24, 2.45) is 0 Å². The molecule has 3 N–H and O–H groups in total. The topological polar surface area (TPSA) is 67.6 Å². The standard InChI is InChI=1S/C17H18N4/c1-12-4-6-13(7-5-12)8-9-15-16(17(18)21-20-15)14-3-2-10-19-11-14/h2-7,10-11H,8-9H2,1H3,(H3,18,20,21). The first-order valence-electron chi connectivity index (χ1n) is 7.02. The van der Waals surface area contributed by atoms with Crippen molar-refractivity contribution in [3.63, 3.8) is 0 Å². The zero-order valence-corrected chi connectivity index (χ0v) is 12.0. The third-order valence-corrected chi connectivity index (χ3v) is 3.60. The van der Waals surface area contributed by atoms with Crippen LogP contribution in [0, 0.1) is 6.92 Å². The molecule has 0 aliphatic carbocycles. The summed E-state index contributed by atoms with van der Waals surface area (Å²) in [6.45, 7) is 2.10. The van der Waals surface area contributed by atoms with Gasteiger partial charge in [-0.3, -0.25) is 10.1 Å². The molecule has 4 nitrogen and oxygen atoms in total. The van der Waals surface area contributed by atoms with Crippen molar-refractivity contribution < 1.29 is 0 Å². The largest absolute Gasteiger partial charge is 0.382 e. The fraction of sp³-hybridized carbons (Fsp3) is 0.176. The zero-order chi connectivity index (χ0) is 14.7. The van der Waals surface area contributed by atoms with Crippen LogP contribution in [0.25, 0.3) is 11.1 Å². The number of hydrogen-bond donors (Lipinski definition) is 2. The summed E-state index contributed by atoms with van der Waals surface area (Å²) in [4.78, 5) is 4.15. The van der Waals surface area contributed by atoms with E-state index in [1.807, 2.05) is 18.3 Å². The van der Waals surface area contributed by atoms with E-state index in [9.17, 15) is 0 Å². The molecule has 2 aromatic heterocycles. The number of nitrogens with two attached hydrogens (primary N) is 1. The normalized spacial score (nSPS) is 10.7. The Kier molecular flexibility index (Phi) is 3.69. The lowest BCUT2D eigenvalue weighted by molar-refractivity contribution is 0.894. The lowest BCUT2D eigenvalue weighted by Gasteiger charge is -2.05. The quantitative estimate of drug-likeness (QED) is 0.770. The van der Waals surface area contributed by atoms with Gasteiger partial charge in [0.05, 0.1) is 0 Å². The van der Waals surface area contributed by atoms with Crippen LogP contribution in [0.15, 0.2) is 48.8 Å². The number of nitrogens with one attached hydrogen (secondary N) is 1. The molecular weight excluding hydrogens is 260 g/mol. The smallest absolute Gasteiger partial charge is 0.153 e. The highest BCUT2D eigenvalue weighted by Gasteiger charge is 2.12. The molecule has 3 aromatic rings. The molecule has 0 atom stereocenters. The monoisotopic (exact) mass is 278 g/mol. The summed E-state index contributed by atoms with van der Waals surface area (Å²) < 4.78 is 0. The molecule has 2 heterocycles. The first-order chi connectivity index (χ1) is 10.2. The average molecular weight is 278 g/mol. The summed E-state index contributed by atoms with van der Waals surface area (Å²) in [5.41, 5.74) is 11.6. The Labute approximate surface area is 124 Å². The second kappa shape index (κ2) is 5.79. The van der Waals surface area contributed by atoms with Crippen molar-refractivity contribution in [1.29, 1.82) is 0 Å². The van der Waals surface area contributed by atoms with E-state index in [-0.39, 0.29) is 0 Å². The molecule has 0 saturated carbocycles.